The first kappa shape index (κ1) is 27.6. The SMILES string of the molecule is CC.CC.COc1ccc(NC(=O)Cc2cc(C)c(Oc3ccc(O)c(C)c3)c(C)c2)cc1. The second kappa shape index (κ2) is 13.8. The van der Waals surface area contributed by atoms with E-state index in [2.05, 4.69) is 5.32 Å². The van der Waals surface area contributed by atoms with Crippen molar-refractivity contribution in [3.63, 3.8) is 0 Å². The first-order valence-electron chi connectivity index (χ1n) is 11.4. The highest BCUT2D eigenvalue weighted by Gasteiger charge is 2.11. The van der Waals surface area contributed by atoms with Crippen molar-refractivity contribution in [2.24, 2.45) is 0 Å². The van der Waals surface area contributed by atoms with Gasteiger partial charge in [-0.3, -0.25) is 4.79 Å². The third-order valence-electron chi connectivity index (χ3n) is 4.65. The lowest BCUT2D eigenvalue weighted by atomic mass is 10.0. The molecule has 3 rings (SSSR count). The summed E-state index contributed by atoms with van der Waals surface area (Å²) in [5.41, 5.74) is 4.29. The fraction of sp³-hybridized carbons (Fsp3) is 0.321. The van der Waals surface area contributed by atoms with Crippen molar-refractivity contribution in [1.82, 2.24) is 0 Å². The number of phenols is 1. The number of nitrogens with one attached hydrogen (secondary N) is 1. The van der Waals surface area contributed by atoms with Gasteiger partial charge < -0.3 is 19.9 Å². The summed E-state index contributed by atoms with van der Waals surface area (Å²) in [5.74, 6) is 2.32. The van der Waals surface area contributed by atoms with Crippen LogP contribution in [0.2, 0.25) is 0 Å². The number of aryl methyl sites for hydroxylation is 3. The van der Waals surface area contributed by atoms with E-state index in [0.717, 1.165) is 39.4 Å². The minimum Gasteiger partial charge on any atom is -0.508 e. The quantitative estimate of drug-likeness (QED) is 0.411. The number of benzene rings is 3. The second-order valence-corrected chi connectivity index (χ2v) is 7.06. The normalized spacial score (nSPS) is 9.58. The summed E-state index contributed by atoms with van der Waals surface area (Å²) in [5, 5.41) is 12.6. The summed E-state index contributed by atoms with van der Waals surface area (Å²) in [6.07, 6.45) is 0.270. The maximum Gasteiger partial charge on any atom is 0.228 e. The van der Waals surface area contributed by atoms with Crippen molar-refractivity contribution >= 4 is 11.6 Å². The van der Waals surface area contributed by atoms with Gasteiger partial charge in [-0.1, -0.05) is 39.8 Å². The molecule has 0 spiro atoms. The van der Waals surface area contributed by atoms with Crippen LogP contribution in [-0.2, 0) is 11.2 Å². The zero-order valence-electron chi connectivity index (χ0n) is 21.1. The van der Waals surface area contributed by atoms with E-state index in [-0.39, 0.29) is 18.1 Å². The summed E-state index contributed by atoms with van der Waals surface area (Å²) in [6.45, 7) is 13.7. The minimum absolute atomic E-state index is 0.0863. The van der Waals surface area contributed by atoms with Gasteiger partial charge in [0.05, 0.1) is 13.5 Å². The zero-order chi connectivity index (χ0) is 25.0. The molecule has 5 nitrogen and oxygen atoms in total. The molecule has 178 valence electrons. The van der Waals surface area contributed by atoms with Crippen molar-refractivity contribution in [2.75, 3.05) is 12.4 Å². The van der Waals surface area contributed by atoms with E-state index in [4.69, 9.17) is 9.47 Å². The highest BCUT2D eigenvalue weighted by atomic mass is 16.5. The molecule has 33 heavy (non-hydrogen) atoms. The van der Waals surface area contributed by atoms with Gasteiger partial charge in [-0.15, -0.1) is 0 Å². The predicted molar refractivity (Wildman–Crippen MR) is 137 cm³/mol. The molecule has 1 amide bonds. The fourth-order valence-electron chi connectivity index (χ4n) is 3.18. The Morgan fingerprint density at radius 3 is 1.88 bits per heavy atom. The van der Waals surface area contributed by atoms with Gasteiger partial charge >= 0.3 is 0 Å². The average molecular weight is 452 g/mol. The van der Waals surface area contributed by atoms with E-state index < -0.39 is 0 Å². The Kier molecular flexibility index (Phi) is 11.6. The molecule has 5 heteroatoms. The number of carbonyl (C=O) groups excluding carboxylic acids is 1. The summed E-state index contributed by atoms with van der Waals surface area (Å²) >= 11 is 0. The molecule has 0 aromatic heterocycles. The van der Waals surface area contributed by atoms with E-state index in [1.54, 1.807) is 37.4 Å². The summed E-state index contributed by atoms with van der Waals surface area (Å²) < 4.78 is 11.2. The minimum atomic E-state index is -0.0863. The molecule has 0 radical (unpaired) electrons. The Labute approximate surface area is 198 Å². The van der Waals surface area contributed by atoms with Crippen LogP contribution in [0, 0.1) is 20.8 Å². The van der Waals surface area contributed by atoms with Crippen LogP contribution in [0.4, 0.5) is 5.69 Å². The van der Waals surface area contributed by atoms with Crippen LogP contribution in [-0.4, -0.2) is 18.1 Å². The molecule has 0 atom stereocenters. The average Bonchev–Trinajstić information content (AvgIpc) is 2.81. The molecule has 3 aromatic carbocycles. The number of anilines is 1. The molecule has 0 aliphatic rings. The Balaban J connectivity index is 0.00000129. The summed E-state index contributed by atoms with van der Waals surface area (Å²) in [7, 11) is 1.61. The fourth-order valence-corrected chi connectivity index (χ4v) is 3.18. The van der Waals surface area contributed by atoms with Crippen LogP contribution in [0.1, 0.15) is 49.9 Å². The van der Waals surface area contributed by atoms with Gasteiger partial charge in [0, 0.05) is 5.69 Å². The molecule has 0 fully saturated rings. The lowest BCUT2D eigenvalue weighted by molar-refractivity contribution is -0.115. The number of hydrogen-bond donors (Lipinski definition) is 2. The standard InChI is InChI=1S/C24H25NO4.2C2H6/c1-15-13-21(9-10-22(15)26)29-24-16(2)11-18(12-17(24)3)14-23(27)25-19-5-7-20(28-4)8-6-19;2*1-2/h5-13,26H,14H2,1-4H3,(H,25,27);2*1-2H3. The topological polar surface area (TPSA) is 67.8 Å². The molecule has 0 bridgehead atoms. The number of phenolic OH excluding ortho intramolecular Hbond substituents is 1. The molecule has 0 saturated carbocycles. The molecular weight excluding hydrogens is 414 g/mol. The Morgan fingerprint density at radius 2 is 1.36 bits per heavy atom. The monoisotopic (exact) mass is 451 g/mol. The Morgan fingerprint density at radius 1 is 0.818 bits per heavy atom. The van der Waals surface area contributed by atoms with E-state index in [9.17, 15) is 9.90 Å². The van der Waals surface area contributed by atoms with Crippen molar-refractivity contribution in [2.45, 2.75) is 54.9 Å². The number of carbonyl (C=O) groups is 1. The van der Waals surface area contributed by atoms with Crippen molar-refractivity contribution in [3.05, 3.63) is 76.9 Å². The number of amides is 1. The number of hydrogen-bond acceptors (Lipinski definition) is 4. The predicted octanol–water partition coefficient (Wildman–Crippen LogP) is 7.35. The van der Waals surface area contributed by atoms with Crippen LogP contribution in [0.25, 0.3) is 0 Å². The highest BCUT2D eigenvalue weighted by molar-refractivity contribution is 5.92. The van der Waals surface area contributed by atoms with Gasteiger partial charge in [0.2, 0.25) is 5.91 Å². The van der Waals surface area contributed by atoms with Gasteiger partial charge in [0.25, 0.3) is 0 Å². The van der Waals surface area contributed by atoms with Gasteiger partial charge in [-0.25, -0.2) is 0 Å². The zero-order valence-corrected chi connectivity index (χ0v) is 21.1. The molecule has 0 unspecified atom stereocenters. The van der Waals surface area contributed by atoms with Gasteiger partial charge in [-0.05, 0) is 85.5 Å². The first-order valence-corrected chi connectivity index (χ1v) is 11.4. The lowest BCUT2D eigenvalue weighted by Gasteiger charge is -2.15. The lowest BCUT2D eigenvalue weighted by Crippen LogP contribution is -2.14. The molecule has 3 aromatic rings. The maximum absolute atomic E-state index is 12.4. The number of methoxy groups -OCH3 is 1. The second-order valence-electron chi connectivity index (χ2n) is 7.06. The summed E-state index contributed by atoms with van der Waals surface area (Å²) in [4.78, 5) is 12.4. The number of ether oxygens (including phenoxy) is 2. The smallest absolute Gasteiger partial charge is 0.228 e. The Bertz CT molecular complexity index is 1000. The van der Waals surface area contributed by atoms with Crippen LogP contribution in [0.5, 0.6) is 23.0 Å². The highest BCUT2D eigenvalue weighted by Crippen LogP contribution is 2.32. The molecule has 0 saturated heterocycles. The number of aromatic hydroxyl groups is 1. The summed E-state index contributed by atoms with van der Waals surface area (Å²) in [6, 6.07) is 16.3. The van der Waals surface area contributed by atoms with E-state index in [1.165, 1.54) is 0 Å². The van der Waals surface area contributed by atoms with Crippen molar-refractivity contribution in [3.8, 4) is 23.0 Å². The van der Waals surface area contributed by atoms with Crippen molar-refractivity contribution < 1.29 is 19.4 Å². The van der Waals surface area contributed by atoms with Gasteiger partial charge in [0.1, 0.15) is 23.0 Å². The molecule has 0 aliphatic heterocycles. The van der Waals surface area contributed by atoms with E-state index in [1.807, 2.05) is 72.7 Å². The van der Waals surface area contributed by atoms with Crippen LogP contribution in [0.15, 0.2) is 54.6 Å². The molecular formula is C28H37NO4. The van der Waals surface area contributed by atoms with Gasteiger partial charge in [-0.2, -0.15) is 0 Å². The van der Waals surface area contributed by atoms with Crippen molar-refractivity contribution in [1.29, 1.82) is 0 Å². The van der Waals surface area contributed by atoms with Gasteiger partial charge in [0.15, 0.2) is 0 Å². The molecule has 0 aliphatic carbocycles. The Hall–Kier alpha value is -3.47. The maximum atomic E-state index is 12.4. The third-order valence-corrected chi connectivity index (χ3v) is 4.65. The van der Waals surface area contributed by atoms with Crippen LogP contribution in [0.3, 0.4) is 0 Å². The molecule has 2 N–H and O–H groups in total. The number of rotatable bonds is 6. The third kappa shape index (κ3) is 8.19. The molecule has 0 heterocycles. The van der Waals surface area contributed by atoms with Crippen LogP contribution >= 0.6 is 0 Å². The first-order chi connectivity index (χ1) is 15.9. The largest absolute Gasteiger partial charge is 0.508 e. The van der Waals surface area contributed by atoms with E-state index in [0.29, 0.717) is 5.75 Å². The van der Waals surface area contributed by atoms with E-state index >= 15 is 0 Å². The van der Waals surface area contributed by atoms with Crippen LogP contribution < -0.4 is 14.8 Å².